The van der Waals surface area contributed by atoms with Crippen LogP contribution < -0.4 is 5.32 Å². The molecular formula is C67H127NO5. The molecule has 0 spiro atoms. The van der Waals surface area contributed by atoms with E-state index in [2.05, 4.69) is 43.5 Å². The van der Waals surface area contributed by atoms with Crippen molar-refractivity contribution in [2.24, 2.45) is 0 Å². The Labute approximate surface area is 455 Å². The average Bonchev–Trinajstić information content (AvgIpc) is 3.39. The summed E-state index contributed by atoms with van der Waals surface area (Å²) in [7, 11) is 0. The van der Waals surface area contributed by atoms with Gasteiger partial charge < -0.3 is 20.3 Å². The number of aliphatic hydroxyl groups is 2. The Kier molecular flexibility index (Phi) is 61.0. The Hall–Kier alpha value is -1.92. The second-order valence-corrected chi connectivity index (χ2v) is 22.5. The summed E-state index contributed by atoms with van der Waals surface area (Å²) in [6.07, 6.45) is 79.1. The Morgan fingerprint density at radius 1 is 0.384 bits per heavy atom. The quantitative estimate of drug-likeness (QED) is 0.0320. The molecule has 0 saturated heterocycles. The lowest BCUT2D eigenvalue weighted by Gasteiger charge is -2.20. The first-order valence-electron chi connectivity index (χ1n) is 32.8. The molecule has 0 aromatic heterocycles. The van der Waals surface area contributed by atoms with E-state index in [1.54, 1.807) is 6.08 Å². The molecule has 0 aromatic carbocycles. The molecule has 6 heteroatoms. The third-order valence-corrected chi connectivity index (χ3v) is 15.2. The number of ether oxygens (including phenoxy) is 1. The molecule has 0 fully saturated rings. The SMILES string of the molecule is CCCC/C=C\C/C=C\CCCCCCCC(=O)OCCCCCCCCCCCCCCCCCCCCCCCCCCC(=O)NC(CO)C(O)/C=C/CCCCCCCCCCCCCCCCCC. The summed E-state index contributed by atoms with van der Waals surface area (Å²) in [5, 5.41) is 23.2. The molecule has 0 aromatic rings. The largest absolute Gasteiger partial charge is 0.466 e. The van der Waals surface area contributed by atoms with Crippen LogP contribution in [0.5, 0.6) is 0 Å². The van der Waals surface area contributed by atoms with E-state index >= 15 is 0 Å². The molecule has 73 heavy (non-hydrogen) atoms. The zero-order valence-electron chi connectivity index (χ0n) is 49.1. The van der Waals surface area contributed by atoms with Crippen LogP contribution >= 0.6 is 0 Å². The van der Waals surface area contributed by atoms with Crippen LogP contribution in [0.2, 0.25) is 0 Å². The number of unbranched alkanes of at least 4 members (excludes halogenated alkanes) is 46. The topological polar surface area (TPSA) is 95.9 Å². The lowest BCUT2D eigenvalue weighted by Crippen LogP contribution is -2.45. The maximum absolute atomic E-state index is 12.5. The highest BCUT2D eigenvalue weighted by molar-refractivity contribution is 5.76. The van der Waals surface area contributed by atoms with Crippen molar-refractivity contribution in [1.29, 1.82) is 0 Å². The average molecular weight is 1030 g/mol. The monoisotopic (exact) mass is 1030 g/mol. The second-order valence-electron chi connectivity index (χ2n) is 22.5. The summed E-state index contributed by atoms with van der Waals surface area (Å²) in [5.74, 6) is -0.0640. The van der Waals surface area contributed by atoms with Gasteiger partial charge in [0.25, 0.3) is 0 Å². The highest BCUT2D eigenvalue weighted by Gasteiger charge is 2.18. The van der Waals surface area contributed by atoms with E-state index in [-0.39, 0.29) is 18.5 Å². The summed E-state index contributed by atoms with van der Waals surface area (Å²) >= 11 is 0. The van der Waals surface area contributed by atoms with E-state index in [4.69, 9.17) is 4.74 Å². The summed E-state index contributed by atoms with van der Waals surface area (Å²) in [5.41, 5.74) is 0. The molecule has 0 aliphatic heterocycles. The first kappa shape index (κ1) is 71.1. The third kappa shape index (κ3) is 59.2. The van der Waals surface area contributed by atoms with E-state index in [1.807, 2.05) is 6.08 Å². The van der Waals surface area contributed by atoms with Gasteiger partial charge in [0.15, 0.2) is 0 Å². The molecule has 0 aliphatic carbocycles. The zero-order chi connectivity index (χ0) is 52.9. The van der Waals surface area contributed by atoms with Gasteiger partial charge in [0.05, 0.1) is 25.4 Å². The molecule has 2 atom stereocenters. The Morgan fingerprint density at radius 2 is 0.699 bits per heavy atom. The van der Waals surface area contributed by atoms with Gasteiger partial charge in [0.2, 0.25) is 5.91 Å². The fourth-order valence-electron chi connectivity index (χ4n) is 10.1. The van der Waals surface area contributed by atoms with E-state index in [1.165, 1.54) is 276 Å². The molecule has 6 nitrogen and oxygen atoms in total. The van der Waals surface area contributed by atoms with Gasteiger partial charge in [0, 0.05) is 12.8 Å². The maximum Gasteiger partial charge on any atom is 0.305 e. The van der Waals surface area contributed by atoms with Crippen molar-refractivity contribution in [3.63, 3.8) is 0 Å². The van der Waals surface area contributed by atoms with E-state index in [0.29, 0.717) is 19.4 Å². The third-order valence-electron chi connectivity index (χ3n) is 15.2. The van der Waals surface area contributed by atoms with E-state index in [0.717, 1.165) is 51.4 Å². The number of rotatable bonds is 61. The Balaban J connectivity index is 3.40. The molecule has 0 saturated carbocycles. The highest BCUT2D eigenvalue weighted by Crippen LogP contribution is 2.18. The van der Waals surface area contributed by atoms with Crippen molar-refractivity contribution in [1.82, 2.24) is 5.32 Å². The number of esters is 1. The number of carbonyl (C=O) groups is 2. The van der Waals surface area contributed by atoms with Crippen LogP contribution in [0.3, 0.4) is 0 Å². The fourth-order valence-corrected chi connectivity index (χ4v) is 10.1. The van der Waals surface area contributed by atoms with Gasteiger partial charge in [-0.05, 0) is 57.8 Å². The van der Waals surface area contributed by atoms with Crippen molar-refractivity contribution >= 4 is 11.9 Å². The van der Waals surface area contributed by atoms with Gasteiger partial charge in [-0.2, -0.15) is 0 Å². The number of hydrogen-bond acceptors (Lipinski definition) is 5. The van der Waals surface area contributed by atoms with Crippen LogP contribution in [0.25, 0.3) is 0 Å². The lowest BCUT2D eigenvalue weighted by atomic mass is 10.0. The van der Waals surface area contributed by atoms with Crippen molar-refractivity contribution in [3.05, 3.63) is 36.5 Å². The summed E-state index contributed by atoms with van der Waals surface area (Å²) < 4.78 is 5.48. The number of allylic oxidation sites excluding steroid dienone is 5. The van der Waals surface area contributed by atoms with E-state index < -0.39 is 12.1 Å². The number of amides is 1. The minimum absolute atomic E-state index is 0.000511. The first-order valence-corrected chi connectivity index (χ1v) is 32.8. The van der Waals surface area contributed by atoms with Crippen molar-refractivity contribution in [2.75, 3.05) is 13.2 Å². The van der Waals surface area contributed by atoms with Crippen molar-refractivity contribution in [3.8, 4) is 0 Å². The summed E-state index contributed by atoms with van der Waals surface area (Å²) in [4.78, 5) is 24.5. The van der Waals surface area contributed by atoms with Crippen LogP contribution in [-0.2, 0) is 14.3 Å². The Bertz CT molecular complexity index is 1180. The van der Waals surface area contributed by atoms with Gasteiger partial charge >= 0.3 is 5.97 Å². The number of carbonyl (C=O) groups excluding carboxylic acids is 2. The smallest absolute Gasteiger partial charge is 0.305 e. The lowest BCUT2D eigenvalue weighted by molar-refractivity contribution is -0.143. The predicted octanol–water partition coefficient (Wildman–Crippen LogP) is 20.8. The van der Waals surface area contributed by atoms with Gasteiger partial charge in [-0.3, -0.25) is 9.59 Å². The molecule has 3 N–H and O–H groups in total. The highest BCUT2D eigenvalue weighted by atomic mass is 16.5. The van der Waals surface area contributed by atoms with E-state index in [9.17, 15) is 19.8 Å². The minimum Gasteiger partial charge on any atom is -0.466 e. The molecular weight excluding hydrogens is 899 g/mol. The zero-order valence-corrected chi connectivity index (χ0v) is 49.1. The fraction of sp³-hybridized carbons (Fsp3) is 0.881. The molecule has 2 unspecified atom stereocenters. The standard InChI is InChI=1S/C67H127NO5/c1-3-5-7-9-11-13-15-17-19-20-29-32-35-39-43-47-51-55-59-65(70)64(63-69)68-66(71)60-56-52-48-44-40-36-33-30-27-25-23-21-22-24-26-28-31-34-38-42-46-50-54-58-62-73-67(72)61-57-53-49-45-41-37-18-16-14-12-10-8-6-4-2/h10,12,16,18,55,59,64-65,69-70H,3-9,11,13-15,17,19-54,56-58,60-63H2,1-2H3,(H,68,71)/b12-10-,18-16-,59-55+. The molecule has 0 heterocycles. The molecule has 0 aliphatic rings. The minimum atomic E-state index is -0.844. The normalized spacial score (nSPS) is 12.8. The van der Waals surface area contributed by atoms with Gasteiger partial charge in [-0.1, -0.05) is 320 Å². The van der Waals surface area contributed by atoms with Gasteiger partial charge in [0.1, 0.15) is 0 Å². The van der Waals surface area contributed by atoms with Crippen molar-refractivity contribution < 1.29 is 24.5 Å². The first-order chi connectivity index (χ1) is 36.0. The summed E-state index contributed by atoms with van der Waals surface area (Å²) in [6, 6.07) is -0.628. The second kappa shape index (κ2) is 62.6. The molecule has 1 amide bonds. The van der Waals surface area contributed by atoms with Crippen LogP contribution in [0.15, 0.2) is 36.5 Å². The molecule has 0 rings (SSSR count). The Morgan fingerprint density at radius 3 is 1.08 bits per heavy atom. The number of aliphatic hydroxyl groups excluding tert-OH is 2. The molecule has 430 valence electrons. The number of nitrogens with one attached hydrogen (secondary N) is 1. The van der Waals surface area contributed by atoms with Crippen LogP contribution in [-0.4, -0.2) is 47.4 Å². The van der Waals surface area contributed by atoms with Crippen molar-refractivity contribution in [2.45, 2.75) is 366 Å². The molecule has 0 radical (unpaired) electrons. The maximum atomic E-state index is 12.5. The predicted molar refractivity (Wildman–Crippen MR) is 319 cm³/mol. The summed E-state index contributed by atoms with van der Waals surface area (Å²) in [6.45, 7) is 4.88. The van der Waals surface area contributed by atoms with Gasteiger partial charge in [-0.25, -0.2) is 0 Å². The van der Waals surface area contributed by atoms with Gasteiger partial charge in [-0.15, -0.1) is 0 Å². The van der Waals surface area contributed by atoms with Crippen LogP contribution in [0, 0.1) is 0 Å². The van der Waals surface area contributed by atoms with Crippen LogP contribution in [0.1, 0.15) is 354 Å². The molecule has 0 bridgehead atoms. The number of hydrogen-bond donors (Lipinski definition) is 3. The van der Waals surface area contributed by atoms with Crippen LogP contribution in [0.4, 0.5) is 0 Å².